The Morgan fingerprint density at radius 3 is 2.47 bits per heavy atom. The summed E-state index contributed by atoms with van der Waals surface area (Å²) >= 11 is 2.82. The molecule has 0 aliphatic heterocycles. The predicted molar refractivity (Wildman–Crippen MR) is 55.7 cm³/mol. The first-order valence-corrected chi connectivity index (χ1v) is 5.09. The third-order valence-corrected chi connectivity index (χ3v) is 2.23. The van der Waals surface area contributed by atoms with E-state index in [1.54, 1.807) is 0 Å². The van der Waals surface area contributed by atoms with Crippen LogP contribution in [0.25, 0.3) is 0 Å². The van der Waals surface area contributed by atoms with E-state index in [1.165, 1.54) is 0 Å². The van der Waals surface area contributed by atoms with Gasteiger partial charge in [-0.25, -0.2) is 4.98 Å². The fraction of sp³-hybridized carbons (Fsp3) is 0.444. The van der Waals surface area contributed by atoms with Gasteiger partial charge in [-0.05, 0) is 35.8 Å². The second kappa shape index (κ2) is 4.38. The van der Waals surface area contributed by atoms with Crippen molar-refractivity contribution in [2.24, 2.45) is 0 Å². The molecule has 0 atom stereocenters. The van der Waals surface area contributed by atoms with Crippen LogP contribution >= 0.6 is 15.9 Å². The van der Waals surface area contributed by atoms with Gasteiger partial charge >= 0.3 is 6.18 Å². The molecule has 0 bridgehead atoms. The zero-order valence-corrected chi connectivity index (χ0v) is 9.78. The van der Waals surface area contributed by atoms with E-state index in [2.05, 4.69) is 26.2 Å². The summed E-state index contributed by atoms with van der Waals surface area (Å²) in [6.45, 7) is 3.66. The molecule has 6 heteroatoms. The summed E-state index contributed by atoms with van der Waals surface area (Å²) in [5, 5.41) is 2.81. The lowest BCUT2D eigenvalue weighted by atomic mass is 10.2. The monoisotopic (exact) mass is 282 g/mol. The van der Waals surface area contributed by atoms with Crippen LogP contribution in [0.15, 0.2) is 16.7 Å². The molecule has 0 aliphatic carbocycles. The zero-order valence-electron chi connectivity index (χ0n) is 8.19. The minimum atomic E-state index is -4.37. The van der Waals surface area contributed by atoms with Crippen LogP contribution in [0.2, 0.25) is 0 Å². The molecule has 0 radical (unpaired) electrons. The summed E-state index contributed by atoms with van der Waals surface area (Å²) in [5.74, 6) is 0.223. The van der Waals surface area contributed by atoms with Gasteiger partial charge in [-0.1, -0.05) is 0 Å². The molecule has 0 aliphatic rings. The molecule has 0 aromatic carbocycles. The van der Waals surface area contributed by atoms with Crippen LogP contribution in [0.4, 0.5) is 19.0 Å². The fourth-order valence-corrected chi connectivity index (χ4v) is 1.47. The van der Waals surface area contributed by atoms with Gasteiger partial charge < -0.3 is 5.32 Å². The van der Waals surface area contributed by atoms with E-state index in [-0.39, 0.29) is 16.3 Å². The van der Waals surface area contributed by atoms with Crippen LogP contribution < -0.4 is 5.32 Å². The maximum absolute atomic E-state index is 12.5. The standard InChI is InChI=1S/C9H10BrF3N2/c1-5(2)15-8-3-6(9(11,12)13)7(10)4-14-8/h3-5H,1-2H3,(H,14,15). The topological polar surface area (TPSA) is 24.9 Å². The second-order valence-corrected chi connectivity index (χ2v) is 4.20. The number of hydrogen-bond donors (Lipinski definition) is 1. The number of rotatable bonds is 2. The molecule has 1 N–H and O–H groups in total. The molecular weight excluding hydrogens is 273 g/mol. The van der Waals surface area contributed by atoms with Crippen LogP contribution in [0.1, 0.15) is 19.4 Å². The van der Waals surface area contributed by atoms with Gasteiger partial charge in [-0.15, -0.1) is 0 Å². The van der Waals surface area contributed by atoms with Gasteiger partial charge in [0, 0.05) is 16.7 Å². The third-order valence-electron chi connectivity index (χ3n) is 1.60. The lowest BCUT2D eigenvalue weighted by Crippen LogP contribution is -2.13. The first-order valence-electron chi connectivity index (χ1n) is 4.30. The highest BCUT2D eigenvalue weighted by Gasteiger charge is 2.33. The number of hydrogen-bond acceptors (Lipinski definition) is 2. The Bertz CT molecular complexity index is 350. The Kier molecular flexibility index (Phi) is 3.59. The molecule has 1 aromatic heterocycles. The number of nitrogens with one attached hydrogen (secondary N) is 1. The average Bonchev–Trinajstić information content (AvgIpc) is 2.05. The van der Waals surface area contributed by atoms with Crippen LogP contribution in [0, 0.1) is 0 Å². The van der Waals surface area contributed by atoms with Crippen molar-refractivity contribution in [1.82, 2.24) is 4.98 Å². The van der Waals surface area contributed by atoms with Gasteiger partial charge in [-0.2, -0.15) is 13.2 Å². The van der Waals surface area contributed by atoms with Gasteiger partial charge in [-0.3, -0.25) is 0 Å². The molecule has 1 rings (SSSR count). The predicted octanol–water partition coefficient (Wildman–Crippen LogP) is 3.68. The highest BCUT2D eigenvalue weighted by Crippen LogP contribution is 2.35. The summed E-state index contributed by atoms with van der Waals surface area (Å²) in [6, 6.07) is 1.03. The highest BCUT2D eigenvalue weighted by atomic mass is 79.9. The van der Waals surface area contributed by atoms with Gasteiger partial charge in [0.2, 0.25) is 0 Å². The minimum absolute atomic E-state index is 0.0414. The number of alkyl halides is 3. The molecule has 0 unspecified atom stereocenters. The first-order chi connectivity index (χ1) is 6.80. The summed E-state index contributed by atoms with van der Waals surface area (Å²) in [7, 11) is 0. The van der Waals surface area contributed by atoms with Crippen molar-refractivity contribution in [2.45, 2.75) is 26.1 Å². The molecule has 1 aromatic rings. The molecule has 0 fully saturated rings. The minimum Gasteiger partial charge on any atom is -0.368 e. The Morgan fingerprint density at radius 2 is 2.00 bits per heavy atom. The summed E-state index contributed by atoms with van der Waals surface area (Å²) in [6.07, 6.45) is -3.22. The SMILES string of the molecule is CC(C)Nc1cc(C(F)(F)F)c(Br)cn1. The number of pyridine rings is 1. The molecule has 0 saturated carbocycles. The smallest absolute Gasteiger partial charge is 0.368 e. The number of aromatic nitrogens is 1. The van der Waals surface area contributed by atoms with Crippen molar-refractivity contribution in [1.29, 1.82) is 0 Å². The maximum atomic E-state index is 12.5. The van der Waals surface area contributed by atoms with Crippen molar-refractivity contribution in [3.63, 3.8) is 0 Å². The van der Waals surface area contributed by atoms with Crippen LogP contribution in [-0.2, 0) is 6.18 Å². The summed E-state index contributed by atoms with van der Waals surface area (Å²) < 4.78 is 37.4. The second-order valence-electron chi connectivity index (χ2n) is 3.35. The number of nitrogens with zero attached hydrogens (tertiary/aromatic N) is 1. The largest absolute Gasteiger partial charge is 0.417 e. The van der Waals surface area contributed by atoms with E-state index in [1.807, 2.05) is 13.8 Å². The Morgan fingerprint density at radius 1 is 1.40 bits per heavy atom. The molecule has 84 valence electrons. The van der Waals surface area contributed by atoms with Crippen molar-refractivity contribution >= 4 is 21.7 Å². The molecule has 15 heavy (non-hydrogen) atoms. The number of anilines is 1. The highest BCUT2D eigenvalue weighted by molar-refractivity contribution is 9.10. The lowest BCUT2D eigenvalue weighted by molar-refractivity contribution is -0.138. The third kappa shape index (κ3) is 3.37. The molecule has 0 spiro atoms. The van der Waals surface area contributed by atoms with Crippen LogP contribution in [0.3, 0.4) is 0 Å². The van der Waals surface area contributed by atoms with Gasteiger partial charge in [0.15, 0.2) is 0 Å². The van der Waals surface area contributed by atoms with E-state index in [4.69, 9.17) is 0 Å². The summed E-state index contributed by atoms with van der Waals surface area (Å²) in [5.41, 5.74) is -0.722. The first kappa shape index (κ1) is 12.3. The van der Waals surface area contributed by atoms with E-state index < -0.39 is 11.7 Å². The van der Waals surface area contributed by atoms with Crippen LogP contribution in [-0.4, -0.2) is 11.0 Å². The maximum Gasteiger partial charge on any atom is 0.417 e. The van der Waals surface area contributed by atoms with E-state index in [0.717, 1.165) is 12.3 Å². The van der Waals surface area contributed by atoms with E-state index in [0.29, 0.717) is 0 Å². The molecule has 1 heterocycles. The van der Waals surface area contributed by atoms with Crippen molar-refractivity contribution in [2.75, 3.05) is 5.32 Å². The molecule has 2 nitrogen and oxygen atoms in total. The van der Waals surface area contributed by atoms with Gasteiger partial charge in [0.05, 0.1) is 5.56 Å². The Hall–Kier alpha value is -0.780. The summed E-state index contributed by atoms with van der Waals surface area (Å²) in [4.78, 5) is 3.83. The average molecular weight is 283 g/mol. The Labute approximate surface area is 94.0 Å². The normalized spacial score (nSPS) is 11.9. The number of halogens is 4. The molecule has 0 amide bonds. The van der Waals surface area contributed by atoms with Crippen molar-refractivity contribution in [3.8, 4) is 0 Å². The molecular formula is C9H10BrF3N2. The van der Waals surface area contributed by atoms with E-state index >= 15 is 0 Å². The van der Waals surface area contributed by atoms with Crippen molar-refractivity contribution in [3.05, 3.63) is 22.3 Å². The van der Waals surface area contributed by atoms with E-state index in [9.17, 15) is 13.2 Å². The Balaban J connectivity index is 3.06. The van der Waals surface area contributed by atoms with Gasteiger partial charge in [0.25, 0.3) is 0 Å². The molecule has 0 saturated heterocycles. The van der Waals surface area contributed by atoms with Crippen LogP contribution in [0.5, 0.6) is 0 Å². The zero-order chi connectivity index (χ0) is 11.6. The van der Waals surface area contributed by atoms with Crippen molar-refractivity contribution < 1.29 is 13.2 Å². The lowest BCUT2D eigenvalue weighted by Gasteiger charge is -2.13. The quantitative estimate of drug-likeness (QED) is 0.895. The van der Waals surface area contributed by atoms with Gasteiger partial charge in [0.1, 0.15) is 5.82 Å². The fourth-order valence-electron chi connectivity index (χ4n) is 1.03.